The molecule has 22 heavy (non-hydrogen) atoms. The summed E-state index contributed by atoms with van der Waals surface area (Å²) in [6, 6.07) is 10.9. The van der Waals surface area contributed by atoms with Gasteiger partial charge in [-0.2, -0.15) is 0 Å². The molecule has 0 saturated carbocycles. The third-order valence-electron chi connectivity index (χ3n) is 3.44. The molecule has 0 aliphatic carbocycles. The first-order valence-corrected chi connectivity index (χ1v) is 8.09. The van der Waals surface area contributed by atoms with Crippen molar-refractivity contribution in [2.45, 2.75) is 19.5 Å². The molecule has 0 spiro atoms. The molecular formula is C16H19ClN2O2S. The number of nitrogens with zero attached hydrogens (tertiary/aromatic N) is 1. The number of benzene rings is 1. The molecule has 1 atom stereocenters. The van der Waals surface area contributed by atoms with Gasteiger partial charge in [0.2, 0.25) is 5.91 Å². The molecule has 2 aromatic rings. The number of para-hydroxylation sites is 2. The highest BCUT2D eigenvalue weighted by Gasteiger charge is 2.19. The van der Waals surface area contributed by atoms with E-state index in [2.05, 4.69) is 5.32 Å². The Labute approximate surface area is 139 Å². The molecule has 0 aliphatic rings. The summed E-state index contributed by atoms with van der Waals surface area (Å²) in [6.45, 7) is 2.55. The summed E-state index contributed by atoms with van der Waals surface area (Å²) in [5, 5.41) is 2.90. The van der Waals surface area contributed by atoms with Crippen molar-refractivity contribution in [3.05, 3.63) is 45.6 Å². The molecule has 1 amide bonds. The number of hydrogen-bond acceptors (Lipinski definition) is 4. The van der Waals surface area contributed by atoms with Crippen LogP contribution in [0.3, 0.4) is 0 Å². The molecule has 0 bridgehead atoms. The number of anilines is 1. The quantitative estimate of drug-likeness (QED) is 0.869. The number of halogens is 1. The summed E-state index contributed by atoms with van der Waals surface area (Å²) in [6.07, 6.45) is 0. The Hall–Kier alpha value is -1.56. The first-order valence-electron chi connectivity index (χ1n) is 6.89. The van der Waals surface area contributed by atoms with Gasteiger partial charge in [-0.3, -0.25) is 9.69 Å². The van der Waals surface area contributed by atoms with Gasteiger partial charge in [0.15, 0.2) is 0 Å². The minimum atomic E-state index is -0.272. The van der Waals surface area contributed by atoms with E-state index in [9.17, 15) is 4.79 Å². The van der Waals surface area contributed by atoms with Crippen molar-refractivity contribution >= 4 is 34.5 Å². The number of likely N-dealkylation sites (N-methyl/N-ethyl adjacent to an activating group) is 1. The van der Waals surface area contributed by atoms with Gasteiger partial charge in [-0.1, -0.05) is 23.7 Å². The van der Waals surface area contributed by atoms with Crippen LogP contribution in [-0.4, -0.2) is 31.0 Å². The van der Waals surface area contributed by atoms with Crippen LogP contribution in [0.25, 0.3) is 0 Å². The molecule has 0 radical (unpaired) electrons. The van der Waals surface area contributed by atoms with Crippen molar-refractivity contribution in [2.24, 2.45) is 0 Å². The highest BCUT2D eigenvalue weighted by molar-refractivity contribution is 7.16. The average molecular weight is 339 g/mol. The molecular weight excluding hydrogens is 320 g/mol. The van der Waals surface area contributed by atoms with Gasteiger partial charge in [-0.25, -0.2) is 0 Å². The van der Waals surface area contributed by atoms with E-state index < -0.39 is 0 Å². The lowest BCUT2D eigenvalue weighted by molar-refractivity contribution is -0.120. The second-order valence-electron chi connectivity index (χ2n) is 4.99. The first kappa shape index (κ1) is 16.8. The van der Waals surface area contributed by atoms with Crippen molar-refractivity contribution in [1.29, 1.82) is 0 Å². The summed E-state index contributed by atoms with van der Waals surface area (Å²) < 4.78 is 6.00. The normalized spacial score (nSPS) is 12.2. The zero-order valence-electron chi connectivity index (χ0n) is 12.8. The van der Waals surface area contributed by atoms with Gasteiger partial charge in [-0.05, 0) is 38.2 Å². The molecule has 0 aliphatic heterocycles. The van der Waals surface area contributed by atoms with E-state index in [1.807, 2.05) is 55.3 Å². The number of carbonyl (C=O) groups excluding carboxylic acids is 1. The molecule has 1 N–H and O–H groups in total. The van der Waals surface area contributed by atoms with Crippen LogP contribution in [0.2, 0.25) is 4.34 Å². The lowest BCUT2D eigenvalue weighted by Gasteiger charge is -2.23. The van der Waals surface area contributed by atoms with Gasteiger partial charge in [0.1, 0.15) is 5.75 Å². The number of rotatable bonds is 6. The van der Waals surface area contributed by atoms with Crippen LogP contribution in [-0.2, 0) is 11.3 Å². The smallest absolute Gasteiger partial charge is 0.241 e. The second kappa shape index (κ2) is 7.63. The van der Waals surface area contributed by atoms with E-state index in [1.165, 1.54) is 11.3 Å². The lowest BCUT2D eigenvalue weighted by Crippen LogP contribution is -2.39. The van der Waals surface area contributed by atoms with Gasteiger partial charge < -0.3 is 10.1 Å². The zero-order valence-corrected chi connectivity index (χ0v) is 14.4. The molecule has 1 heterocycles. The lowest BCUT2D eigenvalue weighted by atomic mass is 10.2. The number of ether oxygens (including phenoxy) is 1. The Morgan fingerprint density at radius 1 is 1.36 bits per heavy atom. The number of carbonyl (C=O) groups is 1. The third kappa shape index (κ3) is 4.22. The molecule has 0 unspecified atom stereocenters. The van der Waals surface area contributed by atoms with Gasteiger partial charge >= 0.3 is 0 Å². The number of methoxy groups -OCH3 is 1. The fourth-order valence-electron chi connectivity index (χ4n) is 2.00. The molecule has 0 fully saturated rings. The molecule has 0 saturated heterocycles. The van der Waals surface area contributed by atoms with Gasteiger partial charge in [0, 0.05) is 11.4 Å². The maximum Gasteiger partial charge on any atom is 0.241 e. The Morgan fingerprint density at radius 2 is 2.09 bits per heavy atom. The molecule has 1 aromatic carbocycles. The summed E-state index contributed by atoms with van der Waals surface area (Å²) in [5.74, 6) is 0.574. The predicted octanol–water partition coefficient (Wildman–Crippen LogP) is 3.87. The summed E-state index contributed by atoms with van der Waals surface area (Å²) >= 11 is 7.46. The van der Waals surface area contributed by atoms with Gasteiger partial charge in [0.25, 0.3) is 0 Å². The van der Waals surface area contributed by atoms with E-state index in [1.54, 1.807) is 7.11 Å². The van der Waals surface area contributed by atoms with Crippen molar-refractivity contribution in [3.63, 3.8) is 0 Å². The van der Waals surface area contributed by atoms with E-state index in [0.29, 0.717) is 18.0 Å². The van der Waals surface area contributed by atoms with Crippen LogP contribution in [0.5, 0.6) is 5.75 Å². The third-order valence-corrected chi connectivity index (χ3v) is 4.66. The minimum absolute atomic E-state index is 0.0744. The van der Waals surface area contributed by atoms with Crippen LogP contribution in [0.1, 0.15) is 11.8 Å². The fraction of sp³-hybridized carbons (Fsp3) is 0.312. The van der Waals surface area contributed by atoms with Crippen molar-refractivity contribution in [3.8, 4) is 5.75 Å². The van der Waals surface area contributed by atoms with Crippen LogP contribution < -0.4 is 10.1 Å². The largest absolute Gasteiger partial charge is 0.495 e. The number of hydrogen-bond donors (Lipinski definition) is 1. The summed E-state index contributed by atoms with van der Waals surface area (Å²) in [4.78, 5) is 15.5. The van der Waals surface area contributed by atoms with Crippen molar-refractivity contribution < 1.29 is 9.53 Å². The van der Waals surface area contributed by atoms with E-state index in [4.69, 9.17) is 16.3 Å². The SMILES string of the molecule is COc1ccccc1NC(=O)[C@@H](C)N(C)Cc1ccc(Cl)s1. The van der Waals surface area contributed by atoms with E-state index >= 15 is 0 Å². The molecule has 6 heteroatoms. The van der Waals surface area contributed by atoms with Crippen LogP contribution in [0.15, 0.2) is 36.4 Å². The summed E-state index contributed by atoms with van der Waals surface area (Å²) in [5.41, 5.74) is 0.675. The van der Waals surface area contributed by atoms with Crippen LogP contribution in [0, 0.1) is 0 Å². The van der Waals surface area contributed by atoms with Gasteiger partial charge in [-0.15, -0.1) is 11.3 Å². The maximum atomic E-state index is 12.4. The Kier molecular flexibility index (Phi) is 5.83. The number of amides is 1. The summed E-state index contributed by atoms with van der Waals surface area (Å²) in [7, 11) is 3.50. The highest BCUT2D eigenvalue weighted by atomic mass is 35.5. The number of thiophene rings is 1. The molecule has 1 aromatic heterocycles. The Balaban J connectivity index is 1.99. The number of nitrogens with one attached hydrogen (secondary N) is 1. The van der Waals surface area contributed by atoms with Gasteiger partial charge in [0.05, 0.1) is 23.2 Å². The standard InChI is InChI=1S/C16H19ClN2O2S/c1-11(19(2)10-12-8-9-15(17)22-12)16(20)18-13-6-4-5-7-14(13)21-3/h4-9,11H,10H2,1-3H3,(H,18,20)/t11-/m1/s1. The minimum Gasteiger partial charge on any atom is -0.495 e. The molecule has 2 rings (SSSR count). The molecule has 118 valence electrons. The van der Waals surface area contributed by atoms with Crippen LogP contribution in [0.4, 0.5) is 5.69 Å². The fourth-order valence-corrected chi connectivity index (χ4v) is 3.16. The zero-order chi connectivity index (χ0) is 16.1. The predicted molar refractivity (Wildman–Crippen MR) is 91.9 cm³/mol. The average Bonchev–Trinajstić information content (AvgIpc) is 2.92. The van der Waals surface area contributed by atoms with E-state index in [-0.39, 0.29) is 11.9 Å². The monoisotopic (exact) mass is 338 g/mol. The van der Waals surface area contributed by atoms with Crippen LogP contribution >= 0.6 is 22.9 Å². The van der Waals surface area contributed by atoms with E-state index in [0.717, 1.165) is 9.21 Å². The highest BCUT2D eigenvalue weighted by Crippen LogP contribution is 2.25. The Bertz CT molecular complexity index is 645. The Morgan fingerprint density at radius 3 is 2.73 bits per heavy atom. The topological polar surface area (TPSA) is 41.6 Å². The van der Waals surface area contributed by atoms with Crippen molar-refractivity contribution in [1.82, 2.24) is 4.90 Å². The molecule has 4 nitrogen and oxygen atoms in total. The van der Waals surface area contributed by atoms with Crippen molar-refractivity contribution in [2.75, 3.05) is 19.5 Å². The first-order chi connectivity index (χ1) is 10.5. The maximum absolute atomic E-state index is 12.4. The second-order valence-corrected chi connectivity index (χ2v) is 6.79.